The quantitative estimate of drug-likeness (QED) is 0.585. The fraction of sp³-hybridized carbons (Fsp3) is 0.174. The van der Waals surface area contributed by atoms with Crippen LogP contribution in [-0.4, -0.2) is 34.0 Å². The number of amides is 2. The SMILES string of the molecule is CCOC(=O)c1ccc(CN2C(=O)SC(Nc3cccc4ccccc34)C2=O)cc1. The number of rotatable bonds is 6. The van der Waals surface area contributed by atoms with E-state index in [1.807, 2.05) is 42.5 Å². The predicted octanol–water partition coefficient (Wildman–Crippen LogP) is 4.65. The molecular weight excluding hydrogens is 400 g/mol. The van der Waals surface area contributed by atoms with Crippen molar-refractivity contribution in [3.63, 3.8) is 0 Å². The first-order chi connectivity index (χ1) is 14.6. The standard InChI is InChI=1S/C23H20N2O4S/c1-2-29-22(27)17-12-10-15(11-13-17)14-25-21(26)20(30-23(25)28)24-19-9-5-7-16-6-3-4-8-18(16)19/h3-13,20,24H,2,14H2,1H3. The number of anilines is 1. The summed E-state index contributed by atoms with van der Waals surface area (Å²) >= 11 is 0.971. The molecular formula is C23H20N2O4S. The molecule has 0 aliphatic carbocycles. The maximum Gasteiger partial charge on any atom is 0.338 e. The minimum Gasteiger partial charge on any atom is -0.462 e. The number of fused-ring (bicyclic) bond motifs is 1. The van der Waals surface area contributed by atoms with Gasteiger partial charge in [0.15, 0.2) is 5.37 Å². The summed E-state index contributed by atoms with van der Waals surface area (Å²) in [5.41, 5.74) is 2.01. The zero-order chi connectivity index (χ0) is 21.1. The van der Waals surface area contributed by atoms with E-state index in [1.165, 1.54) is 4.90 Å². The summed E-state index contributed by atoms with van der Waals surface area (Å²) in [6, 6.07) is 20.4. The van der Waals surface area contributed by atoms with Crippen LogP contribution >= 0.6 is 11.8 Å². The largest absolute Gasteiger partial charge is 0.462 e. The van der Waals surface area contributed by atoms with Crippen LogP contribution in [0.25, 0.3) is 10.8 Å². The zero-order valence-electron chi connectivity index (χ0n) is 16.3. The maximum atomic E-state index is 12.9. The summed E-state index contributed by atoms with van der Waals surface area (Å²) in [5, 5.41) is 4.28. The van der Waals surface area contributed by atoms with Crippen molar-refractivity contribution in [1.29, 1.82) is 0 Å². The first-order valence-corrected chi connectivity index (χ1v) is 10.5. The second-order valence-electron chi connectivity index (χ2n) is 6.78. The lowest BCUT2D eigenvalue weighted by Crippen LogP contribution is -2.34. The molecule has 0 spiro atoms. The number of nitrogens with zero attached hydrogens (tertiary/aromatic N) is 1. The molecule has 6 nitrogen and oxygen atoms in total. The minimum absolute atomic E-state index is 0.154. The Hall–Kier alpha value is -3.32. The Morgan fingerprint density at radius 1 is 1.03 bits per heavy atom. The molecule has 2 amide bonds. The van der Waals surface area contributed by atoms with Crippen molar-refractivity contribution in [3.05, 3.63) is 77.9 Å². The van der Waals surface area contributed by atoms with E-state index in [9.17, 15) is 14.4 Å². The van der Waals surface area contributed by atoms with Gasteiger partial charge in [-0.3, -0.25) is 14.5 Å². The van der Waals surface area contributed by atoms with Crippen molar-refractivity contribution in [2.24, 2.45) is 0 Å². The number of hydrogen-bond acceptors (Lipinski definition) is 6. The molecule has 1 aliphatic rings. The summed E-state index contributed by atoms with van der Waals surface area (Å²) in [6.45, 7) is 2.21. The first-order valence-electron chi connectivity index (χ1n) is 9.59. The highest BCUT2D eigenvalue weighted by molar-refractivity contribution is 8.15. The van der Waals surface area contributed by atoms with Gasteiger partial charge in [-0.1, -0.05) is 48.5 Å². The molecule has 0 radical (unpaired) electrons. The highest BCUT2D eigenvalue weighted by atomic mass is 32.2. The van der Waals surface area contributed by atoms with Crippen LogP contribution in [-0.2, 0) is 16.1 Å². The number of carbonyl (C=O) groups excluding carboxylic acids is 3. The van der Waals surface area contributed by atoms with Crippen molar-refractivity contribution in [3.8, 4) is 0 Å². The van der Waals surface area contributed by atoms with Crippen LogP contribution in [0.5, 0.6) is 0 Å². The van der Waals surface area contributed by atoms with Crippen LogP contribution in [0.1, 0.15) is 22.8 Å². The van der Waals surface area contributed by atoms with Gasteiger partial charge in [0.05, 0.1) is 18.7 Å². The van der Waals surface area contributed by atoms with Gasteiger partial charge in [0.1, 0.15) is 0 Å². The average molecular weight is 420 g/mol. The normalized spacial score (nSPS) is 16.2. The number of esters is 1. The highest BCUT2D eigenvalue weighted by Crippen LogP contribution is 2.32. The average Bonchev–Trinajstić information content (AvgIpc) is 3.02. The van der Waals surface area contributed by atoms with Gasteiger partial charge in [-0.25, -0.2) is 4.79 Å². The zero-order valence-corrected chi connectivity index (χ0v) is 17.1. The number of imide groups is 1. The van der Waals surface area contributed by atoms with Crippen LogP contribution in [0.15, 0.2) is 66.7 Å². The van der Waals surface area contributed by atoms with E-state index in [-0.39, 0.29) is 17.7 Å². The summed E-state index contributed by atoms with van der Waals surface area (Å²) in [7, 11) is 0. The molecule has 3 aromatic carbocycles. The summed E-state index contributed by atoms with van der Waals surface area (Å²) in [5.74, 6) is -0.681. The number of benzene rings is 3. The number of nitrogens with one attached hydrogen (secondary N) is 1. The van der Waals surface area contributed by atoms with Gasteiger partial charge >= 0.3 is 5.97 Å². The highest BCUT2D eigenvalue weighted by Gasteiger charge is 2.39. The molecule has 1 N–H and O–H groups in total. The molecule has 0 saturated carbocycles. The van der Waals surface area contributed by atoms with Gasteiger partial charge in [0.25, 0.3) is 11.1 Å². The molecule has 30 heavy (non-hydrogen) atoms. The van der Waals surface area contributed by atoms with Gasteiger partial charge < -0.3 is 10.1 Å². The lowest BCUT2D eigenvalue weighted by molar-refractivity contribution is -0.126. The second kappa shape index (κ2) is 8.59. The van der Waals surface area contributed by atoms with Crippen LogP contribution in [0.4, 0.5) is 10.5 Å². The van der Waals surface area contributed by atoms with Crippen LogP contribution in [0.2, 0.25) is 0 Å². The van der Waals surface area contributed by atoms with Crippen molar-refractivity contribution in [2.75, 3.05) is 11.9 Å². The van der Waals surface area contributed by atoms with E-state index in [2.05, 4.69) is 5.32 Å². The van der Waals surface area contributed by atoms with E-state index < -0.39 is 11.3 Å². The molecule has 0 bridgehead atoms. The maximum absolute atomic E-state index is 12.9. The molecule has 1 atom stereocenters. The molecule has 1 heterocycles. The van der Waals surface area contributed by atoms with Gasteiger partial charge in [0.2, 0.25) is 0 Å². The first kappa shape index (κ1) is 20.0. The van der Waals surface area contributed by atoms with E-state index >= 15 is 0 Å². The third kappa shape index (κ3) is 4.02. The molecule has 1 unspecified atom stereocenters. The van der Waals surface area contributed by atoms with E-state index in [0.29, 0.717) is 12.2 Å². The van der Waals surface area contributed by atoms with Gasteiger partial charge in [0, 0.05) is 11.1 Å². The smallest absolute Gasteiger partial charge is 0.338 e. The summed E-state index contributed by atoms with van der Waals surface area (Å²) in [4.78, 5) is 38.3. The Morgan fingerprint density at radius 3 is 2.53 bits per heavy atom. The molecule has 4 rings (SSSR count). The topological polar surface area (TPSA) is 75.7 Å². The molecule has 1 saturated heterocycles. The van der Waals surface area contributed by atoms with E-state index in [1.54, 1.807) is 31.2 Å². The summed E-state index contributed by atoms with van der Waals surface area (Å²) in [6.07, 6.45) is 0. The Kier molecular flexibility index (Phi) is 5.72. The number of ether oxygens (including phenoxy) is 1. The fourth-order valence-corrected chi connectivity index (χ4v) is 4.21. The van der Waals surface area contributed by atoms with Crippen LogP contribution in [0, 0.1) is 0 Å². The second-order valence-corrected chi connectivity index (χ2v) is 7.83. The third-order valence-corrected chi connectivity index (χ3v) is 5.79. The number of carbonyl (C=O) groups is 3. The number of hydrogen-bond donors (Lipinski definition) is 1. The van der Waals surface area contributed by atoms with Crippen LogP contribution in [0.3, 0.4) is 0 Å². The Morgan fingerprint density at radius 2 is 1.77 bits per heavy atom. The van der Waals surface area contributed by atoms with Crippen molar-refractivity contribution in [2.45, 2.75) is 18.8 Å². The lowest BCUT2D eigenvalue weighted by atomic mass is 10.1. The monoisotopic (exact) mass is 420 g/mol. The van der Waals surface area contributed by atoms with Crippen molar-refractivity contribution < 1.29 is 19.1 Å². The minimum atomic E-state index is -0.679. The molecule has 7 heteroatoms. The molecule has 1 aliphatic heterocycles. The molecule has 0 aromatic heterocycles. The van der Waals surface area contributed by atoms with Crippen molar-refractivity contribution >= 4 is 45.3 Å². The molecule has 152 valence electrons. The fourth-order valence-electron chi connectivity index (χ4n) is 3.32. The van der Waals surface area contributed by atoms with Gasteiger partial charge in [-0.05, 0) is 47.8 Å². The Labute approximate surface area is 178 Å². The van der Waals surface area contributed by atoms with Gasteiger partial charge in [-0.15, -0.1) is 0 Å². The van der Waals surface area contributed by atoms with E-state index in [0.717, 1.165) is 33.8 Å². The lowest BCUT2D eigenvalue weighted by Gasteiger charge is -2.16. The van der Waals surface area contributed by atoms with Crippen molar-refractivity contribution in [1.82, 2.24) is 4.90 Å². The van der Waals surface area contributed by atoms with Crippen LogP contribution < -0.4 is 5.32 Å². The Bertz CT molecular complexity index is 1110. The third-order valence-electron chi connectivity index (χ3n) is 4.81. The molecule has 3 aromatic rings. The van der Waals surface area contributed by atoms with Gasteiger partial charge in [-0.2, -0.15) is 0 Å². The summed E-state index contributed by atoms with van der Waals surface area (Å²) < 4.78 is 4.97. The number of thioether (sulfide) groups is 1. The van der Waals surface area contributed by atoms with E-state index in [4.69, 9.17) is 4.74 Å². The molecule has 1 fully saturated rings. The predicted molar refractivity (Wildman–Crippen MR) is 117 cm³/mol. The Balaban J connectivity index is 1.47.